The Balaban J connectivity index is 1.30. The van der Waals surface area contributed by atoms with Crippen molar-refractivity contribution in [3.8, 4) is 17.2 Å². The highest BCUT2D eigenvalue weighted by Crippen LogP contribution is 2.46. The normalized spacial score (nSPS) is 24.8. The molecular formula is C32H39F3O3. The van der Waals surface area contributed by atoms with Crippen LogP contribution in [-0.4, -0.2) is 5.97 Å². The molecule has 2 fully saturated rings. The molecule has 0 amide bonds. The van der Waals surface area contributed by atoms with Gasteiger partial charge < -0.3 is 9.47 Å². The van der Waals surface area contributed by atoms with Crippen molar-refractivity contribution in [2.75, 3.05) is 0 Å². The molecule has 3 aliphatic rings. The Labute approximate surface area is 224 Å². The van der Waals surface area contributed by atoms with Crippen LogP contribution in [-0.2, 0) is 11.2 Å². The number of carbonyl (C=O) groups is 1. The van der Waals surface area contributed by atoms with Crippen LogP contribution in [0.3, 0.4) is 0 Å². The molecule has 1 heterocycles. The molecule has 0 radical (unpaired) electrons. The predicted octanol–water partition coefficient (Wildman–Crippen LogP) is 9.39. The summed E-state index contributed by atoms with van der Waals surface area (Å²) in [4.78, 5) is 12.8. The van der Waals surface area contributed by atoms with Gasteiger partial charge >= 0.3 is 5.97 Å². The van der Waals surface area contributed by atoms with Gasteiger partial charge in [-0.15, -0.1) is 0 Å². The minimum atomic E-state index is -1.07. The second-order valence-electron chi connectivity index (χ2n) is 11.7. The summed E-state index contributed by atoms with van der Waals surface area (Å²) in [6, 6.07) is 4.81. The predicted molar refractivity (Wildman–Crippen MR) is 141 cm³/mol. The lowest BCUT2D eigenvalue weighted by atomic mass is 9.76. The summed E-state index contributed by atoms with van der Waals surface area (Å²) in [5.41, 5.74) is 1.46. The molecular weight excluding hydrogens is 489 g/mol. The molecule has 0 bridgehead atoms. The smallest absolute Gasteiger partial charge is 0.314 e. The highest BCUT2D eigenvalue weighted by atomic mass is 19.2. The highest BCUT2D eigenvalue weighted by Gasteiger charge is 2.33. The molecule has 2 aromatic carbocycles. The van der Waals surface area contributed by atoms with Gasteiger partial charge in [0.2, 0.25) is 11.6 Å². The molecule has 0 saturated heterocycles. The van der Waals surface area contributed by atoms with E-state index in [0.717, 1.165) is 64.2 Å². The SMILES string of the molecule is CCCC1CCC(C(=O)Oc2ccc3c(c2F)Oc2c(cc(C4CCC(CCC)CC4)c(F)c2F)C3)CC1. The number of carbonyl (C=O) groups excluding carboxylic acids is 1. The first-order valence-corrected chi connectivity index (χ1v) is 14.6. The lowest BCUT2D eigenvalue weighted by Gasteiger charge is -2.30. The number of esters is 1. The number of fused-ring (bicyclic) bond motifs is 2. The van der Waals surface area contributed by atoms with Gasteiger partial charge in [-0.25, -0.2) is 4.39 Å². The van der Waals surface area contributed by atoms with Crippen LogP contribution in [0.15, 0.2) is 18.2 Å². The molecule has 1 aliphatic heterocycles. The van der Waals surface area contributed by atoms with Crippen LogP contribution >= 0.6 is 0 Å². The lowest BCUT2D eigenvalue weighted by Crippen LogP contribution is -2.26. The zero-order valence-corrected chi connectivity index (χ0v) is 22.6. The van der Waals surface area contributed by atoms with Gasteiger partial charge in [-0.1, -0.05) is 45.6 Å². The van der Waals surface area contributed by atoms with E-state index in [9.17, 15) is 4.79 Å². The third-order valence-electron chi connectivity index (χ3n) is 9.07. The Kier molecular flexibility index (Phi) is 8.35. The number of ether oxygens (including phenoxy) is 2. The van der Waals surface area contributed by atoms with Gasteiger partial charge in [0.1, 0.15) is 0 Å². The Hall–Kier alpha value is -2.50. The van der Waals surface area contributed by atoms with E-state index in [1.165, 1.54) is 18.9 Å². The Morgan fingerprint density at radius 3 is 2.05 bits per heavy atom. The maximum atomic E-state index is 15.4. The van der Waals surface area contributed by atoms with Crippen LogP contribution in [0.25, 0.3) is 0 Å². The third kappa shape index (κ3) is 5.46. The van der Waals surface area contributed by atoms with Gasteiger partial charge in [0.15, 0.2) is 23.1 Å². The average molecular weight is 529 g/mol. The molecule has 0 atom stereocenters. The average Bonchev–Trinajstić information content (AvgIpc) is 2.93. The topological polar surface area (TPSA) is 35.5 Å². The quantitative estimate of drug-likeness (QED) is 0.226. The largest absolute Gasteiger partial charge is 0.450 e. The maximum Gasteiger partial charge on any atom is 0.314 e. The molecule has 206 valence electrons. The molecule has 2 saturated carbocycles. The first-order valence-electron chi connectivity index (χ1n) is 14.6. The second kappa shape index (κ2) is 11.7. The zero-order chi connectivity index (χ0) is 26.8. The minimum Gasteiger partial charge on any atom is -0.450 e. The molecule has 0 N–H and O–H groups in total. The number of rotatable bonds is 7. The first kappa shape index (κ1) is 27.1. The molecule has 3 nitrogen and oxygen atoms in total. The number of hydrogen-bond acceptors (Lipinski definition) is 3. The third-order valence-corrected chi connectivity index (χ3v) is 9.07. The summed E-state index contributed by atoms with van der Waals surface area (Å²) in [7, 11) is 0. The van der Waals surface area contributed by atoms with E-state index in [1.807, 2.05) is 0 Å². The highest BCUT2D eigenvalue weighted by molar-refractivity contribution is 5.75. The molecule has 0 unspecified atom stereocenters. The molecule has 0 aromatic heterocycles. The van der Waals surface area contributed by atoms with Crippen LogP contribution in [0.2, 0.25) is 0 Å². The van der Waals surface area contributed by atoms with Crippen LogP contribution in [0.1, 0.15) is 114 Å². The fourth-order valence-electron chi connectivity index (χ4n) is 6.89. The van der Waals surface area contributed by atoms with Crippen LogP contribution in [0.5, 0.6) is 17.2 Å². The Bertz CT molecular complexity index is 1160. The first-order chi connectivity index (χ1) is 18.4. The van der Waals surface area contributed by atoms with Gasteiger partial charge in [0.25, 0.3) is 0 Å². The van der Waals surface area contributed by atoms with E-state index >= 15 is 13.2 Å². The fraction of sp³-hybridized carbons (Fsp3) is 0.594. The van der Waals surface area contributed by atoms with E-state index in [2.05, 4.69) is 13.8 Å². The summed E-state index contributed by atoms with van der Waals surface area (Å²) < 4.78 is 57.0. The molecule has 0 spiro atoms. The number of halogens is 3. The summed E-state index contributed by atoms with van der Waals surface area (Å²) in [5, 5.41) is 0. The van der Waals surface area contributed by atoms with Crippen LogP contribution in [0, 0.1) is 35.2 Å². The van der Waals surface area contributed by atoms with Crippen molar-refractivity contribution < 1.29 is 27.4 Å². The van der Waals surface area contributed by atoms with Gasteiger partial charge in [-0.3, -0.25) is 4.79 Å². The second-order valence-corrected chi connectivity index (χ2v) is 11.7. The number of benzene rings is 2. The fourth-order valence-corrected chi connectivity index (χ4v) is 6.89. The van der Waals surface area contributed by atoms with E-state index in [-0.39, 0.29) is 35.5 Å². The van der Waals surface area contributed by atoms with E-state index in [0.29, 0.717) is 28.5 Å². The zero-order valence-electron chi connectivity index (χ0n) is 22.6. The van der Waals surface area contributed by atoms with Crippen molar-refractivity contribution >= 4 is 5.97 Å². The lowest BCUT2D eigenvalue weighted by molar-refractivity contribution is -0.140. The monoisotopic (exact) mass is 528 g/mol. The van der Waals surface area contributed by atoms with Gasteiger partial charge in [-0.05, 0) is 86.8 Å². The summed E-state index contributed by atoms with van der Waals surface area (Å²) in [5.74, 6) is -2.89. The van der Waals surface area contributed by atoms with E-state index in [1.54, 1.807) is 12.1 Å². The van der Waals surface area contributed by atoms with Crippen molar-refractivity contribution in [3.05, 3.63) is 52.3 Å². The maximum absolute atomic E-state index is 15.4. The van der Waals surface area contributed by atoms with E-state index < -0.39 is 23.4 Å². The summed E-state index contributed by atoms with van der Waals surface area (Å²) in [6.45, 7) is 4.34. The van der Waals surface area contributed by atoms with Crippen molar-refractivity contribution in [1.29, 1.82) is 0 Å². The van der Waals surface area contributed by atoms with Crippen molar-refractivity contribution in [1.82, 2.24) is 0 Å². The van der Waals surface area contributed by atoms with Gasteiger partial charge in [-0.2, -0.15) is 8.78 Å². The van der Waals surface area contributed by atoms with Crippen LogP contribution in [0.4, 0.5) is 13.2 Å². The van der Waals surface area contributed by atoms with E-state index in [4.69, 9.17) is 9.47 Å². The minimum absolute atomic E-state index is 0.0140. The summed E-state index contributed by atoms with van der Waals surface area (Å²) >= 11 is 0. The van der Waals surface area contributed by atoms with Crippen molar-refractivity contribution in [2.24, 2.45) is 17.8 Å². The molecule has 2 aliphatic carbocycles. The Morgan fingerprint density at radius 2 is 1.42 bits per heavy atom. The van der Waals surface area contributed by atoms with Gasteiger partial charge in [0, 0.05) is 17.5 Å². The molecule has 6 heteroatoms. The van der Waals surface area contributed by atoms with Gasteiger partial charge in [0.05, 0.1) is 5.92 Å². The van der Waals surface area contributed by atoms with Crippen molar-refractivity contribution in [2.45, 2.75) is 103 Å². The Morgan fingerprint density at radius 1 is 0.816 bits per heavy atom. The molecule has 2 aromatic rings. The van der Waals surface area contributed by atoms with Crippen LogP contribution < -0.4 is 9.47 Å². The molecule has 5 rings (SSSR count). The standard InChI is InChI=1S/C32H39F3O3/c1-3-5-19-7-11-21(12-8-19)25-18-24-17-23-15-16-26(28(34)30(23)38-31(24)29(35)27(25)33)37-32(36)22-13-9-20(6-4-2)10-14-22/h15-16,18-22H,3-14,17H2,1-2H3. The molecule has 38 heavy (non-hydrogen) atoms. The number of hydrogen-bond donors (Lipinski definition) is 0. The van der Waals surface area contributed by atoms with Crippen molar-refractivity contribution in [3.63, 3.8) is 0 Å². The summed E-state index contributed by atoms with van der Waals surface area (Å²) in [6.07, 6.45) is 12.1.